The molecule has 1 nitrogen and oxygen atoms in total. The zero-order valence-corrected chi connectivity index (χ0v) is 14.4. The zero-order chi connectivity index (χ0) is 20.2. The van der Waals surface area contributed by atoms with Crippen LogP contribution in [0.1, 0.15) is 11.1 Å². The Morgan fingerprint density at radius 1 is 0.926 bits per heavy atom. The van der Waals surface area contributed by atoms with Gasteiger partial charge >= 0.3 is 18.0 Å². The van der Waals surface area contributed by atoms with E-state index in [9.17, 15) is 30.7 Å². The number of alkyl halides is 7. The summed E-state index contributed by atoms with van der Waals surface area (Å²) in [5.74, 6) is -11.7. The SMILES string of the molecule is Cc1ccc(-c2cc3c(cc2Cl)N=C(C(F)(F)C(F)(F)C(F)(F)F)C3)cc1. The molecule has 0 radical (unpaired) electrons. The van der Waals surface area contributed by atoms with E-state index in [1.807, 2.05) is 6.92 Å². The van der Waals surface area contributed by atoms with Gasteiger partial charge in [0.15, 0.2) is 0 Å². The molecule has 0 N–H and O–H groups in total. The summed E-state index contributed by atoms with van der Waals surface area (Å²) in [6.45, 7) is 1.86. The third-order valence-electron chi connectivity index (χ3n) is 4.26. The molecular formula is C18H11ClF7N. The summed E-state index contributed by atoms with van der Waals surface area (Å²) in [5, 5.41) is 0.119. The van der Waals surface area contributed by atoms with Gasteiger partial charge < -0.3 is 0 Å². The number of benzene rings is 2. The van der Waals surface area contributed by atoms with Crippen LogP contribution < -0.4 is 0 Å². The highest BCUT2D eigenvalue weighted by Crippen LogP contribution is 2.50. The van der Waals surface area contributed by atoms with Crippen LogP contribution in [0.2, 0.25) is 5.02 Å². The van der Waals surface area contributed by atoms with E-state index in [-0.39, 0.29) is 16.3 Å². The van der Waals surface area contributed by atoms with Crippen molar-refractivity contribution in [2.75, 3.05) is 0 Å². The van der Waals surface area contributed by atoms with E-state index in [1.165, 1.54) is 12.1 Å². The minimum atomic E-state index is -6.40. The Morgan fingerprint density at radius 2 is 1.52 bits per heavy atom. The Kier molecular flexibility index (Phi) is 4.53. The highest BCUT2D eigenvalue weighted by molar-refractivity contribution is 6.33. The van der Waals surface area contributed by atoms with Gasteiger partial charge in [0.2, 0.25) is 0 Å². The van der Waals surface area contributed by atoms with Gasteiger partial charge in [0.05, 0.1) is 16.4 Å². The van der Waals surface area contributed by atoms with Gasteiger partial charge in [-0.2, -0.15) is 30.7 Å². The van der Waals surface area contributed by atoms with Crippen molar-refractivity contribution in [2.45, 2.75) is 31.4 Å². The van der Waals surface area contributed by atoms with E-state index in [1.54, 1.807) is 24.3 Å². The van der Waals surface area contributed by atoms with Crippen molar-refractivity contribution in [3.8, 4) is 11.1 Å². The highest BCUT2D eigenvalue weighted by Gasteiger charge is 2.75. The molecule has 1 aliphatic heterocycles. The molecule has 0 bridgehead atoms. The van der Waals surface area contributed by atoms with Crippen LogP contribution in [0.15, 0.2) is 41.4 Å². The Balaban J connectivity index is 1.99. The number of rotatable bonds is 3. The number of hydrogen-bond donors (Lipinski definition) is 0. The average molecular weight is 410 g/mol. The van der Waals surface area contributed by atoms with Gasteiger partial charge in [-0.25, -0.2) is 0 Å². The summed E-state index contributed by atoms with van der Waals surface area (Å²) in [4.78, 5) is 3.32. The van der Waals surface area contributed by atoms with Crippen molar-refractivity contribution in [3.63, 3.8) is 0 Å². The maximum absolute atomic E-state index is 13.9. The first-order chi connectivity index (χ1) is 12.3. The molecule has 3 rings (SSSR count). The third kappa shape index (κ3) is 3.20. The molecule has 0 fully saturated rings. The van der Waals surface area contributed by atoms with E-state index < -0.39 is 30.2 Å². The van der Waals surface area contributed by atoms with Crippen LogP contribution in [0.3, 0.4) is 0 Å². The second kappa shape index (κ2) is 6.22. The van der Waals surface area contributed by atoms with E-state index in [0.29, 0.717) is 11.1 Å². The van der Waals surface area contributed by atoms with Gasteiger partial charge in [-0.1, -0.05) is 41.4 Å². The molecule has 1 heterocycles. The molecule has 2 aromatic rings. The predicted octanol–water partition coefficient (Wildman–Crippen LogP) is 6.78. The van der Waals surface area contributed by atoms with Gasteiger partial charge in [-0.05, 0) is 30.2 Å². The van der Waals surface area contributed by atoms with Crippen LogP contribution in [0.4, 0.5) is 36.4 Å². The Bertz CT molecular complexity index is 915. The fourth-order valence-electron chi connectivity index (χ4n) is 2.71. The topological polar surface area (TPSA) is 12.4 Å². The number of aryl methyl sites for hydroxylation is 1. The van der Waals surface area contributed by atoms with Gasteiger partial charge in [-0.15, -0.1) is 0 Å². The summed E-state index contributed by atoms with van der Waals surface area (Å²) in [6.07, 6.45) is -7.23. The first-order valence-corrected chi connectivity index (χ1v) is 8.02. The molecule has 0 saturated heterocycles. The molecule has 2 aromatic carbocycles. The number of hydrogen-bond acceptors (Lipinski definition) is 1. The van der Waals surface area contributed by atoms with Crippen molar-refractivity contribution >= 4 is 23.0 Å². The molecule has 0 unspecified atom stereocenters. The van der Waals surface area contributed by atoms with Crippen LogP contribution in [0, 0.1) is 6.92 Å². The summed E-state index contributed by atoms with van der Waals surface area (Å²) in [5.41, 5.74) is 0.464. The van der Waals surface area contributed by atoms with Crippen molar-refractivity contribution in [3.05, 3.63) is 52.5 Å². The standard InChI is InChI=1S/C18H11ClF7N/c1-9-2-4-10(5-3-9)12-6-11-7-15(27-14(11)8-13(12)19)16(20,21)17(22,23)18(24,25)26/h2-6,8H,7H2,1H3. The summed E-state index contributed by atoms with van der Waals surface area (Å²) in [7, 11) is 0. The predicted molar refractivity (Wildman–Crippen MR) is 88.4 cm³/mol. The van der Waals surface area contributed by atoms with E-state index in [0.717, 1.165) is 5.56 Å². The lowest BCUT2D eigenvalue weighted by molar-refractivity contribution is -0.336. The zero-order valence-electron chi connectivity index (χ0n) is 13.6. The Morgan fingerprint density at radius 3 is 2.07 bits per heavy atom. The summed E-state index contributed by atoms with van der Waals surface area (Å²) >= 11 is 6.12. The van der Waals surface area contributed by atoms with Crippen molar-refractivity contribution < 1.29 is 30.7 Å². The maximum atomic E-state index is 13.9. The lowest BCUT2D eigenvalue weighted by Gasteiger charge is -2.28. The smallest absolute Gasteiger partial charge is 0.251 e. The number of fused-ring (bicyclic) bond motifs is 1. The molecule has 27 heavy (non-hydrogen) atoms. The van der Waals surface area contributed by atoms with Crippen LogP contribution in [-0.4, -0.2) is 23.7 Å². The first kappa shape index (κ1) is 19.7. The quantitative estimate of drug-likeness (QED) is 0.496. The van der Waals surface area contributed by atoms with Crippen LogP contribution >= 0.6 is 11.6 Å². The normalized spacial score (nSPS) is 14.9. The number of nitrogens with zero attached hydrogens (tertiary/aromatic N) is 1. The largest absolute Gasteiger partial charge is 0.460 e. The molecule has 0 aliphatic carbocycles. The molecule has 144 valence electrons. The fourth-order valence-corrected chi connectivity index (χ4v) is 2.98. The van der Waals surface area contributed by atoms with Gasteiger partial charge in [0, 0.05) is 12.0 Å². The van der Waals surface area contributed by atoms with Crippen molar-refractivity contribution in [1.29, 1.82) is 0 Å². The molecule has 1 aliphatic rings. The van der Waals surface area contributed by atoms with Crippen LogP contribution in [-0.2, 0) is 6.42 Å². The lowest BCUT2D eigenvalue weighted by atomic mass is 9.97. The molecule has 0 aromatic heterocycles. The highest BCUT2D eigenvalue weighted by atomic mass is 35.5. The second-order valence-electron chi connectivity index (χ2n) is 6.21. The summed E-state index contributed by atoms with van der Waals surface area (Å²) < 4.78 is 91.5. The van der Waals surface area contributed by atoms with Gasteiger partial charge in [0.1, 0.15) is 0 Å². The average Bonchev–Trinajstić information content (AvgIpc) is 2.97. The van der Waals surface area contributed by atoms with E-state index in [2.05, 4.69) is 4.99 Å². The van der Waals surface area contributed by atoms with Crippen molar-refractivity contribution in [2.24, 2.45) is 4.99 Å². The molecular weight excluding hydrogens is 399 g/mol. The molecule has 0 saturated carbocycles. The first-order valence-electron chi connectivity index (χ1n) is 7.64. The molecule has 9 heteroatoms. The second-order valence-corrected chi connectivity index (χ2v) is 6.62. The number of halogens is 8. The third-order valence-corrected chi connectivity index (χ3v) is 4.57. The molecule has 0 amide bonds. The van der Waals surface area contributed by atoms with Crippen LogP contribution in [0.5, 0.6) is 0 Å². The Labute approximate surface area is 154 Å². The Hall–Kier alpha value is -2.09. The molecule has 0 atom stereocenters. The van der Waals surface area contributed by atoms with Crippen LogP contribution in [0.25, 0.3) is 11.1 Å². The monoisotopic (exact) mass is 409 g/mol. The van der Waals surface area contributed by atoms with Crippen molar-refractivity contribution in [1.82, 2.24) is 0 Å². The lowest BCUT2D eigenvalue weighted by Crippen LogP contribution is -2.56. The molecule has 0 spiro atoms. The minimum absolute atomic E-state index is 0.0997. The fraction of sp³-hybridized carbons (Fsp3) is 0.278. The van der Waals surface area contributed by atoms with Gasteiger partial charge in [-0.3, -0.25) is 4.99 Å². The minimum Gasteiger partial charge on any atom is -0.251 e. The van der Waals surface area contributed by atoms with Gasteiger partial charge in [0.25, 0.3) is 0 Å². The van der Waals surface area contributed by atoms with E-state index in [4.69, 9.17) is 11.6 Å². The summed E-state index contributed by atoms with van der Waals surface area (Å²) in [6, 6.07) is 9.59. The maximum Gasteiger partial charge on any atom is 0.460 e. The number of aliphatic imine (C=N–C) groups is 1. The van der Waals surface area contributed by atoms with E-state index >= 15 is 0 Å².